The maximum absolute atomic E-state index is 13.2. The first kappa shape index (κ1) is 21.7. The van der Waals surface area contributed by atoms with E-state index in [1.807, 2.05) is 18.2 Å². The van der Waals surface area contributed by atoms with Gasteiger partial charge in [-0.05, 0) is 43.5 Å². The summed E-state index contributed by atoms with van der Waals surface area (Å²) < 4.78 is 13.2. The molecule has 0 amide bonds. The summed E-state index contributed by atoms with van der Waals surface area (Å²) in [5.41, 5.74) is 1.27. The van der Waals surface area contributed by atoms with Gasteiger partial charge in [0.25, 0.3) is 0 Å². The molecule has 2 heterocycles. The van der Waals surface area contributed by atoms with Crippen molar-refractivity contribution >= 4 is 35.9 Å². The zero-order chi connectivity index (χ0) is 19.4. The lowest BCUT2D eigenvalue weighted by molar-refractivity contribution is 0.369. The summed E-state index contributed by atoms with van der Waals surface area (Å²) in [6, 6.07) is 8.75. The fourth-order valence-electron chi connectivity index (χ4n) is 3.72. The minimum atomic E-state index is -0.184. The molecule has 0 spiro atoms. The number of rotatable bonds is 5. The first-order chi connectivity index (χ1) is 13.7. The Morgan fingerprint density at radius 2 is 1.76 bits per heavy atom. The van der Waals surface area contributed by atoms with E-state index in [0.717, 1.165) is 64.0 Å². The molecule has 1 saturated carbocycles. The highest BCUT2D eigenvalue weighted by Gasteiger charge is 2.44. The second-order valence-corrected chi connectivity index (χ2v) is 7.48. The molecule has 156 valence electrons. The first-order valence-electron chi connectivity index (χ1n) is 10.0. The molecule has 1 aliphatic carbocycles. The number of benzene rings is 1. The average molecular weight is 510 g/mol. The third-order valence-corrected chi connectivity index (χ3v) is 5.59. The molecule has 1 N–H and O–H groups in total. The molecular weight excluding hydrogens is 482 g/mol. The largest absolute Gasteiger partial charge is 0.357 e. The highest BCUT2D eigenvalue weighted by Crippen LogP contribution is 2.48. The second-order valence-electron chi connectivity index (χ2n) is 7.48. The van der Waals surface area contributed by atoms with Crippen molar-refractivity contribution in [1.82, 2.24) is 20.2 Å². The van der Waals surface area contributed by atoms with Gasteiger partial charge in [0.2, 0.25) is 5.95 Å². The van der Waals surface area contributed by atoms with E-state index in [1.54, 1.807) is 24.5 Å². The molecule has 1 aromatic carbocycles. The van der Waals surface area contributed by atoms with Gasteiger partial charge in [-0.1, -0.05) is 12.1 Å². The lowest BCUT2D eigenvalue weighted by Gasteiger charge is -2.36. The molecule has 2 fully saturated rings. The first-order valence-corrected chi connectivity index (χ1v) is 10.0. The summed E-state index contributed by atoms with van der Waals surface area (Å²) in [6.07, 6.45) is 5.79. The van der Waals surface area contributed by atoms with Gasteiger partial charge in [0.15, 0.2) is 5.96 Å². The molecule has 0 atom stereocenters. The molecule has 6 nitrogen and oxygen atoms in total. The van der Waals surface area contributed by atoms with Gasteiger partial charge in [0, 0.05) is 50.5 Å². The quantitative estimate of drug-likeness (QED) is 0.381. The smallest absolute Gasteiger partial charge is 0.225 e. The molecule has 1 saturated heterocycles. The van der Waals surface area contributed by atoms with Crippen LogP contribution in [0.25, 0.3) is 0 Å². The number of hydrogen-bond donors (Lipinski definition) is 1. The minimum absolute atomic E-state index is 0. The summed E-state index contributed by atoms with van der Waals surface area (Å²) in [5, 5.41) is 3.43. The summed E-state index contributed by atoms with van der Waals surface area (Å²) in [4.78, 5) is 18.2. The van der Waals surface area contributed by atoms with Crippen molar-refractivity contribution < 1.29 is 4.39 Å². The van der Waals surface area contributed by atoms with Crippen molar-refractivity contribution in [1.29, 1.82) is 0 Å². The second kappa shape index (κ2) is 9.69. The Hall–Kier alpha value is -1.97. The van der Waals surface area contributed by atoms with Crippen molar-refractivity contribution in [2.45, 2.75) is 25.2 Å². The molecule has 0 unspecified atom stereocenters. The number of hydrogen-bond acceptors (Lipinski definition) is 4. The number of aromatic nitrogens is 2. The molecule has 4 rings (SSSR count). The number of piperazine rings is 1. The molecular formula is C21H28FIN6. The third kappa shape index (κ3) is 5.15. The van der Waals surface area contributed by atoms with Gasteiger partial charge < -0.3 is 15.1 Å². The van der Waals surface area contributed by atoms with E-state index in [2.05, 4.69) is 32.0 Å². The summed E-state index contributed by atoms with van der Waals surface area (Å²) >= 11 is 0. The van der Waals surface area contributed by atoms with Crippen LogP contribution >= 0.6 is 24.0 Å². The van der Waals surface area contributed by atoms with Crippen LogP contribution in [0.4, 0.5) is 10.3 Å². The molecule has 0 bridgehead atoms. The van der Waals surface area contributed by atoms with Crippen LogP contribution in [-0.2, 0) is 5.41 Å². The number of aliphatic imine (C=N–C) groups is 1. The van der Waals surface area contributed by atoms with Crippen molar-refractivity contribution in [3.63, 3.8) is 0 Å². The van der Waals surface area contributed by atoms with Gasteiger partial charge in [-0.15, -0.1) is 24.0 Å². The van der Waals surface area contributed by atoms with Gasteiger partial charge in [0.05, 0.1) is 6.54 Å². The van der Waals surface area contributed by atoms with Crippen LogP contribution < -0.4 is 10.2 Å². The van der Waals surface area contributed by atoms with Crippen molar-refractivity contribution in [3.8, 4) is 0 Å². The summed E-state index contributed by atoms with van der Waals surface area (Å²) in [5.74, 6) is 1.57. The van der Waals surface area contributed by atoms with E-state index in [9.17, 15) is 4.39 Å². The number of nitrogens with one attached hydrogen (secondary N) is 1. The molecule has 29 heavy (non-hydrogen) atoms. The van der Waals surface area contributed by atoms with E-state index in [0.29, 0.717) is 0 Å². The lowest BCUT2D eigenvalue weighted by atomic mass is 9.96. The van der Waals surface area contributed by atoms with Crippen LogP contribution in [0.5, 0.6) is 0 Å². The van der Waals surface area contributed by atoms with Gasteiger partial charge in [-0.2, -0.15) is 0 Å². The van der Waals surface area contributed by atoms with Crippen LogP contribution in [0, 0.1) is 5.82 Å². The van der Waals surface area contributed by atoms with Crippen LogP contribution in [0.3, 0.4) is 0 Å². The predicted octanol–water partition coefficient (Wildman–Crippen LogP) is 3.05. The fraction of sp³-hybridized carbons (Fsp3) is 0.476. The zero-order valence-corrected chi connectivity index (χ0v) is 19.1. The Morgan fingerprint density at radius 3 is 2.34 bits per heavy atom. The standard InChI is InChI=1S/C21H27FN6.HI/c1-2-23-19(26-16-21(8-9-21)17-4-6-18(22)7-5-17)27-12-14-28(15-13-27)20-24-10-3-11-25-20;/h3-7,10-11H,2,8-9,12-16H2,1H3,(H,23,26);1H. The highest BCUT2D eigenvalue weighted by molar-refractivity contribution is 14.0. The monoisotopic (exact) mass is 510 g/mol. The molecule has 8 heteroatoms. The predicted molar refractivity (Wildman–Crippen MR) is 125 cm³/mol. The molecule has 0 radical (unpaired) electrons. The van der Waals surface area contributed by atoms with E-state index < -0.39 is 0 Å². The normalized spacial score (nSPS) is 18.2. The highest BCUT2D eigenvalue weighted by atomic mass is 127. The molecule has 1 aromatic heterocycles. The van der Waals surface area contributed by atoms with Gasteiger partial charge >= 0.3 is 0 Å². The number of halogens is 2. The van der Waals surface area contributed by atoms with Gasteiger partial charge in [0.1, 0.15) is 5.82 Å². The molecule has 1 aliphatic heterocycles. The maximum atomic E-state index is 13.2. The molecule has 2 aromatic rings. The van der Waals surface area contributed by atoms with Crippen LogP contribution in [-0.4, -0.2) is 60.1 Å². The van der Waals surface area contributed by atoms with Gasteiger partial charge in [-0.3, -0.25) is 4.99 Å². The van der Waals surface area contributed by atoms with Crippen molar-refractivity contribution in [2.24, 2.45) is 4.99 Å². The fourth-order valence-corrected chi connectivity index (χ4v) is 3.72. The zero-order valence-electron chi connectivity index (χ0n) is 16.7. The SMILES string of the molecule is CCNC(=NCC1(c2ccc(F)cc2)CC1)N1CCN(c2ncccn2)CC1.I. The van der Waals surface area contributed by atoms with E-state index in [-0.39, 0.29) is 35.2 Å². The van der Waals surface area contributed by atoms with E-state index >= 15 is 0 Å². The van der Waals surface area contributed by atoms with Gasteiger partial charge in [-0.25, -0.2) is 14.4 Å². The number of nitrogens with zero attached hydrogens (tertiary/aromatic N) is 5. The molecule has 2 aliphatic rings. The topological polar surface area (TPSA) is 56.7 Å². The number of anilines is 1. The van der Waals surface area contributed by atoms with Crippen LogP contribution in [0.15, 0.2) is 47.7 Å². The Morgan fingerprint density at radius 1 is 1.10 bits per heavy atom. The van der Waals surface area contributed by atoms with E-state index in [1.165, 1.54) is 5.56 Å². The van der Waals surface area contributed by atoms with Crippen molar-refractivity contribution in [2.75, 3.05) is 44.2 Å². The third-order valence-electron chi connectivity index (χ3n) is 5.59. The van der Waals surface area contributed by atoms with Crippen molar-refractivity contribution in [3.05, 3.63) is 54.1 Å². The number of guanidine groups is 1. The Labute approximate surface area is 188 Å². The Balaban J connectivity index is 0.00000240. The minimum Gasteiger partial charge on any atom is -0.357 e. The summed E-state index contributed by atoms with van der Waals surface area (Å²) in [6.45, 7) is 7.18. The lowest BCUT2D eigenvalue weighted by Crippen LogP contribution is -2.53. The Kier molecular flexibility index (Phi) is 7.26. The van der Waals surface area contributed by atoms with E-state index in [4.69, 9.17) is 4.99 Å². The Bertz CT molecular complexity index is 802. The average Bonchev–Trinajstić information content (AvgIpc) is 3.53. The maximum Gasteiger partial charge on any atom is 0.225 e. The van der Waals surface area contributed by atoms with Crippen LogP contribution in [0.1, 0.15) is 25.3 Å². The van der Waals surface area contributed by atoms with Crippen LogP contribution in [0.2, 0.25) is 0 Å². The summed E-state index contributed by atoms with van der Waals surface area (Å²) in [7, 11) is 0.